The van der Waals surface area contributed by atoms with Crippen molar-refractivity contribution in [3.63, 3.8) is 0 Å². The lowest BCUT2D eigenvalue weighted by atomic mass is 9.99. The third-order valence-electron chi connectivity index (χ3n) is 4.45. The molecule has 21 heavy (non-hydrogen) atoms. The number of amides is 1. The standard InChI is InChI=1S/C15H24N4O2/c1-11(2)4-3-5-15(20)18-7-6-14-13(9-18)19-12(10-21-14)8-16-17-19/h8,11,13-14H,3-7,9-10H2,1-2H3/t13-,14-/m0/s1. The number of carbonyl (C=O) groups is 1. The second-order valence-corrected chi connectivity index (χ2v) is 6.50. The Balaban J connectivity index is 1.60. The van der Waals surface area contributed by atoms with Crippen molar-refractivity contribution < 1.29 is 9.53 Å². The first-order valence-electron chi connectivity index (χ1n) is 7.93. The normalized spacial score (nSPS) is 24.8. The molecule has 6 heteroatoms. The van der Waals surface area contributed by atoms with E-state index >= 15 is 0 Å². The number of nitrogens with zero attached hydrogens (tertiary/aromatic N) is 4. The van der Waals surface area contributed by atoms with Crippen molar-refractivity contribution in [3.05, 3.63) is 11.9 Å². The highest BCUT2D eigenvalue weighted by molar-refractivity contribution is 5.76. The van der Waals surface area contributed by atoms with Gasteiger partial charge in [0, 0.05) is 19.5 Å². The Kier molecular flexibility index (Phi) is 4.24. The van der Waals surface area contributed by atoms with Crippen LogP contribution < -0.4 is 0 Å². The topological polar surface area (TPSA) is 60.3 Å². The summed E-state index contributed by atoms with van der Waals surface area (Å²) in [5.41, 5.74) is 1.00. The van der Waals surface area contributed by atoms with E-state index in [4.69, 9.17) is 4.74 Å². The first-order valence-corrected chi connectivity index (χ1v) is 7.93. The molecule has 0 unspecified atom stereocenters. The first-order chi connectivity index (χ1) is 10.1. The summed E-state index contributed by atoms with van der Waals surface area (Å²) in [6, 6.07) is 0.124. The van der Waals surface area contributed by atoms with Crippen LogP contribution >= 0.6 is 0 Å². The zero-order chi connectivity index (χ0) is 14.8. The van der Waals surface area contributed by atoms with Gasteiger partial charge < -0.3 is 9.64 Å². The molecule has 0 aliphatic carbocycles. The zero-order valence-corrected chi connectivity index (χ0v) is 12.9. The van der Waals surface area contributed by atoms with Gasteiger partial charge in [-0.1, -0.05) is 25.5 Å². The summed E-state index contributed by atoms with van der Waals surface area (Å²) in [4.78, 5) is 14.3. The summed E-state index contributed by atoms with van der Waals surface area (Å²) in [5, 5.41) is 8.13. The third-order valence-corrected chi connectivity index (χ3v) is 4.45. The number of carbonyl (C=O) groups excluding carboxylic acids is 1. The fraction of sp³-hybridized carbons (Fsp3) is 0.800. The number of aromatic nitrogens is 3. The van der Waals surface area contributed by atoms with Crippen molar-refractivity contribution in [2.45, 2.75) is 58.3 Å². The molecule has 0 radical (unpaired) electrons. The molecule has 1 aromatic rings. The predicted molar refractivity (Wildman–Crippen MR) is 77.5 cm³/mol. The summed E-state index contributed by atoms with van der Waals surface area (Å²) in [6.45, 7) is 6.47. The number of piperidine rings is 1. The van der Waals surface area contributed by atoms with Gasteiger partial charge in [0.2, 0.25) is 5.91 Å². The van der Waals surface area contributed by atoms with E-state index in [0.29, 0.717) is 25.5 Å². The average molecular weight is 292 g/mol. The van der Waals surface area contributed by atoms with Gasteiger partial charge in [-0.2, -0.15) is 0 Å². The van der Waals surface area contributed by atoms with E-state index in [1.165, 1.54) is 0 Å². The summed E-state index contributed by atoms with van der Waals surface area (Å²) in [5.74, 6) is 0.925. The van der Waals surface area contributed by atoms with Crippen LogP contribution in [0.4, 0.5) is 0 Å². The van der Waals surface area contributed by atoms with Crippen LogP contribution in [0.15, 0.2) is 6.20 Å². The smallest absolute Gasteiger partial charge is 0.222 e. The molecule has 2 aliphatic heterocycles. The molecule has 116 valence electrons. The molecule has 1 aromatic heterocycles. The zero-order valence-electron chi connectivity index (χ0n) is 12.9. The highest BCUT2D eigenvalue weighted by atomic mass is 16.5. The maximum Gasteiger partial charge on any atom is 0.222 e. The highest BCUT2D eigenvalue weighted by Gasteiger charge is 2.37. The van der Waals surface area contributed by atoms with Gasteiger partial charge in [0.25, 0.3) is 0 Å². The molecule has 0 bridgehead atoms. The quantitative estimate of drug-likeness (QED) is 0.848. The molecular formula is C15H24N4O2. The Bertz CT molecular complexity index is 500. The van der Waals surface area contributed by atoms with E-state index in [-0.39, 0.29) is 18.1 Å². The van der Waals surface area contributed by atoms with Gasteiger partial charge in [-0.15, -0.1) is 5.10 Å². The molecule has 0 aromatic carbocycles. The lowest BCUT2D eigenvalue weighted by Gasteiger charge is -2.41. The molecule has 0 saturated carbocycles. The number of ether oxygens (including phenoxy) is 1. The van der Waals surface area contributed by atoms with Crippen LogP contribution in [0.5, 0.6) is 0 Å². The van der Waals surface area contributed by atoms with Gasteiger partial charge in [-0.25, -0.2) is 4.68 Å². The maximum atomic E-state index is 12.3. The number of fused-ring (bicyclic) bond motifs is 3. The van der Waals surface area contributed by atoms with Gasteiger partial charge >= 0.3 is 0 Å². The van der Waals surface area contributed by atoms with Crippen molar-refractivity contribution in [1.82, 2.24) is 19.9 Å². The second kappa shape index (κ2) is 6.13. The van der Waals surface area contributed by atoms with E-state index < -0.39 is 0 Å². The Hall–Kier alpha value is -1.43. The number of rotatable bonds is 4. The Morgan fingerprint density at radius 3 is 3.19 bits per heavy atom. The average Bonchev–Trinajstić information content (AvgIpc) is 2.95. The summed E-state index contributed by atoms with van der Waals surface area (Å²) < 4.78 is 7.81. The maximum absolute atomic E-state index is 12.3. The predicted octanol–water partition coefficient (Wildman–Crippen LogP) is 1.78. The van der Waals surface area contributed by atoms with E-state index in [0.717, 1.165) is 31.5 Å². The molecule has 3 rings (SSSR count). The van der Waals surface area contributed by atoms with E-state index in [1.54, 1.807) is 6.20 Å². The van der Waals surface area contributed by atoms with Crippen molar-refractivity contribution in [1.29, 1.82) is 0 Å². The molecule has 1 fully saturated rings. The van der Waals surface area contributed by atoms with E-state index in [2.05, 4.69) is 24.2 Å². The van der Waals surface area contributed by atoms with Gasteiger partial charge in [0.15, 0.2) is 0 Å². The van der Waals surface area contributed by atoms with Crippen LogP contribution in [0.3, 0.4) is 0 Å². The van der Waals surface area contributed by atoms with Crippen molar-refractivity contribution >= 4 is 5.91 Å². The first kappa shape index (κ1) is 14.5. The fourth-order valence-electron chi connectivity index (χ4n) is 3.23. The molecule has 0 spiro atoms. The Morgan fingerprint density at radius 2 is 2.38 bits per heavy atom. The second-order valence-electron chi connectivity index (χ2n) is 6.50. The van der Waals surface area contributed by atoms with Crippen LogP contribution in [-0.4, -0.2) is 45.0 Å². The van der Waals surface area contributed by atoms with Crippen molar-refractivity contribution in [3.8, 4) is 0 Å². The largest absolute Gasteiger partial charge is 0.370 e. The van der Waals surface area contributed by atoms with Crippen LogP contribution in [0.25, 0.3) is 0 Å². The van der Waals surface area contributed by atoms with E-state index in [1.807, 2.05) is 9.58 Å². The monoisotopic (exact) mass is 292 g/mol. The van der Waals surface area contributed by atoms with E-state index in [9.17, 15) is 4.79 Å². The van der Waals surface area contributed by atoms with Gasteiger partial charge in [-0.3, -0.25) is 4.79 Å². The molecule has 2 atom stereocenters. The molecule has 6 nitrogen and oxygen atoms in total. The van der Waals surface area contributed by atoms with Crippen LogP contribution in [0.1, 0.15) is 51.3 Å². The van der Waals surface area contributed by atoms with Crippen LogP contribution in [-0.2, 0) is 16.1 Å². The highest BCUT2D eigenvalue weighted by Crippen LogP contribution is 2.30. The van der Waals surface area contributed by atoms with Gasteiger partial charge in [0.05, 0.1) is 30.6 Å². The van der Waals surface area contributed by atoms with Crippen LogP contribution in [0.2, 0.25) is 0 Å². The van der Waals surface area contributed by atoms with Gasteiger partial charge in [0.1, 0.15) is 0 Å². The summed E-state index contributed by atoms with van der Waals surface area (Å²) in [6.07, 6.45) is 5.55. The molecule has 2 aliphatic rings. The lowest BCUT2D eigenvalue weighted by Crippen LogP contribution is -2.49. The van der Waals surface area contributed by atoms with Gasteiger partial charge in [-0.05, 0) is 18.8 Å². The SMILES string of the molecule is CC(C)CCCC(=O)N1CC[C@@H]2OCc3cnnn3[C@H]2C1. The molecule has 1 saturated heterocycles. The minimum atomic E-state index is 0.124. The molecular weight excluding hydrogens is 268 g/mol. The minimum absolute atomic E-state index is 0.124. The number of hydrogen-bond donors (Lipinski definition) is 0. The number of hydrogen-bond acceptors (Lipinski definition) is 4. The van der Waals surface area contributed by atoms with Crippen molar-refractivity contribution in [2.24, 2.45) is 5.92 Å². The Morgan fingerprint density at radius 1 is 1.52 bits per heavy atom. The summed E-state index contributed by atoms with van der Waals surface area (Å²) in [7, 11) is 0. The minimum Gasteiger partial charge on any atom is -0.370 e. The lowest BCUT2D eigenvalue weighted by molar-refractivity contribution is -0.138. The summed E-state index contributed by atoms with van der Waals surface area (Å²) >= 11 is 0. The Labute approximate surface area is 125 Å². The third kappa shape index (κ3) is 3.10. The van der Waals surface area contributed by atoms with Crippen LogP contribution in [0, 0.1) is 5.92 Å². The molecule has 3 heterocycles. The fourth-order valence-corrected chi connectivity index (χ4v) is 3.23. The molecule has 1 amide bonds. The van der Waals surface area contributed by atoms with Crippen molar-refractivity contribution in [2.75, 3.05) is 13.1 Å². The molecule has 0 N–H and O–H groups in total. The number of likely N-dealkylation sites (tertiary alicyclic amines) is 1.